The Bertz CT molecular complexity index is 420. The largest absolute Gasteiger partial charge is 0.462 e. The predicted octanol–water partition coefficient (Wildman–Crippen LogP) is 2.10. The molecule has 0 aliphatic heterocycles. The number of nitrogens with zero attached hydrogens (tertiary/aromatic N) is 1. The van der Waals surface area contributed by atoms with Gasteiger partial charge in [0.1, 0.15) is 16.5 Å². The molecule has 6 heteroatoms. The van der Waals surface area contributed by atoms with Gasteiger partial charge >= 0.3 is 5.97 Å². The van der Waals surface area contributed by atoms with E-state index in [-0.39, 0.29) is 5.69 Å². The molecule has 0 unspecified atom stereocenters. The lowest BCUT2D eigenvalue weighted by Gasteiger charge is -2.02. The standard InChI is InChI=1S/C9H10N2O2S2/c1-3-13-8(12)6-7(11)5(4-10)15-9(6)14-2/h3,11H2,1-2H3. The normalized spacial score (nSPS) is 9.67. The highest BCUT2D eigenvalue weighted by Gasteiger charge is 2.22. The Balaban J connectivity index is 3.21. The van der Waals surface area contributed by atoms with E-state index in [9.17, 15) is 4.79 Å². The van der Waals surface area contributed by atoms with Crippen LogP contribution in [0.5, 0.6) is 0 Å². The summed E-state index contributed by atoms with van der Waals surface area (Å²) in [6.45, 7) is 2.02. The Kier molecular flexibility index (Phi) is 4.00. The van der Waals surface area contributed by atoms with Gasteiger partial charge in [0.2, 0.25) is 0 Å². The van der Waals surface area contributed by atoms with Crippen molar-refractivity contribution in [3.05, 3.63) is 10.4 Å². The number of carbonyl (C=O) groups excluding carboxylic acids is 1. The van der Waals surface area contributed by atoms with Gasteiger partial charge in [-0.3, -0.25) is 0 Å². The molecule has 0 fully saturated rings. The van der Waals surface area contributed by atoms with E-state index in [4.69, 9.17) is 15.7 Å². The van der Waals surface area contributed by atoms with Crippen molar-refractivity contribution in [3.63, 3.8) is 0 Å². The second-order valence-electron chi connectivity index (χ2n) is 2.54. The number of hydrogen-bond acceptors (Lipinski definition) is 6. The lowest BCUT2D eigenvalue weighted by atomic mass is 10.2. The van der Waals surface area contributed by atoms with Crippen LogP contribution in [0, 0.1) is 11.3 Å². The van der Waals surface area contributed by atoms with Crippen LogP contribution in [0.3, 0.4) is 0 Å². The average Bonchev–Trinajstić information content (AvgIpc) is 2.55. The minimum absolute atomic E-state index is 0.227. The third kappa shape index (κ3) is 2.25. The number of rotatable bonds is 3. The van der Waals surface area contributed by atoms with Crippen molar-refractivity contribution in [2.24, 2.45) is 0 Å². The molecule has 0 amide bonds. The first-order valence-electron chi connectivity index (χ1n) is 4.19. The van der Waals surface area contributed by atoms with Crippen molar-refractivity contribution in [2.45, 2.75) is 11.1 Å². The minimum atomic E-state index is -0.461. The van der Waals surface area contributed by atoms with Crippen LogP contribution in [0.25, 0.3) is 0 Å². The van der Waals surface area contributed by atoms with Crippen molar-refractivity contribution in [1.82, 2.24) is 0 Å². The molecule has 0 spiro atoms. The second-order valence-corrected chi connectivity index (χ2v) is 4.64. The fraction of sp³-hybridized carbons (Fsp3) is 0.333. The van der Waals surface area contributed by atoms with Crippen molar-refractivity contribution in [2.75, 3.05) is 18.6 Å². The third-order valence-electron chi connectivity index (χ3n) is 1.68. The summed E-state index contributed by atoms with van der Waals surface area (Å²) in [5.74, 6) is -0.461. The van der Waals surface area contributed by atoms with Crippen molar-refractivity contribution >= 4 is 34.8 Å². The van der Waals surface area contributed by atoms with Gasteiger partial charge in [0, 0.05) is 0 Å². The van der Waals surface area contributed by atoms with E-state index in [0.717, 1.165) is 4.21 Å². The lowest BCUT2D eigenvalue weighted by molar-refractivity contribution is 0.0524. The quantitative estimate of drug-likeness (QED) is 0.649. The molecule has 2 N–H and O–H groups in total. The summed E-state index contributed by atoms with van der Waals surface area (Å²) in [6.07, 6.45) is 1.83. The molecule has 0 saturated heterocycles. The second kappa shape index (κ2) is 5.05. The maximum atomic E-state index is 11.6. The number of thiophene rings is 1. The van der Waals surface area contributed by atoms with E-state index >= 15 is 0 Å². The van der Waals surface area contributed by atoms with Crippen molar-refractivity contribution in [3.8, 4) is 6.07 Å². The highest BCUT2D eigenvalue weighted by Crippen LogP contribution is 2.37. The van der Waals surface area contributed by atoms with Gasteiger partial charge in [-0.25, -0.2) is 4.79 Å². The molecule has 0 aliphatic rings. The van der Waals surface area contributed by atoms with Gasteiger partial charge in [0.15, 0.2) is 0 Å². The highest BCUT2D eigenvalue weighted by atomic mass is 32.2. The van der Waals surface area contributed by atoms with Crippen LogP contribution < -0.4 is 5.73 Å². The van der Waals surface area contributed by atoms with Gasteiger partial charge < -0.3 is 10.5 Å². The number of anilines is 1. The summed E-state index contributed by atoms with van der Waals surface area (Å²) in [4.78, 5) is 11.9. The van der Waals surface area contributed by atoms with Crippen LogP contribution in [0.15, 0.2) is 4.21 Å². The molecule has 1 aromatic heterocycles. The lowest BCUT2D eigenvalue weighted by Crippen LogP contribution is -2.07. The van der Waals surface area contributed by atoms with Gasteiger partial charge in [-0.2, -0.15) is 5.26 Å². The number of esters is 1. The number of nitrogens with two attached hydrogens (primary N) is 1. The number of carbonyl (C=O) groups is 1. The zero-order chi connectivity index (χ0) is 11.4. The van der Waals surface area contributed by atoms with Gasteiger partial charge in [-0.15, -0.1) is 23.1 Å². The topological polar surface area (TPSA) is 76.1 Å². The van der Waals surface area contributed by atoms with E-state index in [1.165, 1.54) is 23.1 Å². The molecule has 80 valence electrons. The number of thioether (sulfide) groups is 1. The molecular weight excluding hydrogens is 232 g/mol. The summed E-state index contributed by atoms with van der Waals surface area (Å²) >= 11 is 2.60. The van der Waals surface area contributed by atoms with Gasteiger partial charge in [-0.05, 0) is 13.2 Å². The first-order chi connectivity index (χ1) is 7.15. The molecule has 0 aromatic carbocycles. The first-order valence-corrected chi connectivity index (χ1v) is 6.23. The van der Waals surface area contributed by atoms with Crippen molar-refractivity contribution in [1.29, 1.82) is 5.26 Å². The summed E-state index contributed by atoms with van der Waals surface area (Å²) in [5, 5.41) is 8.78. The van der Waals surface area contributed by atoms with Gasteiger partial charge in [0.25, 0.3) is 0 Å². The fourth-order valence-corrected chi connectivity index (χ4v) is 2.76. The van der Waals surface area contributed by atoms with Gasteiger partial charge in [-0.1, -0.05) is 0 Å². The SMILES string of the molecule is CCOC(=O)c1c(SC)sc(C#N)c1N. The fourth-order valence-electron chi connectivity index (χ4n) is 1.05. The van der Waals surface area contributed by atoms with E-state index in [1.54, 1.807) is 6.92 Å². The maximum Gasteiger partial charge on any atom is 0.342 e. The molecule has 0 aliphatic carbocycles. The Labute approximate surface area is 96.0 Å². The zero-order valence-corrected chi connectivity index (χ0v) is 10.00. The molecule has 4 nitrogen and oxygen atoms in total. The van der Waals surface area contributed by atoms with E-state index in [2.05, 4.69) is 0 Å². The molecular formula is C9H10N2O2S2. The average molecular weight is 242 g/mol. The molecule has 0 atom stereocenters. The Morgan fingerprint density at radius 3 is 2.87 bits per heavy atom. The number of nitrogen functional groups attached to an aromatic ring is 1. The number of nitriles is 1. The Morgan fingerprint density at radius 1 is 1.73 bits per heavy atom. The summed E-state index contributed by atoms with van der Waals surface area (Å²) in [5.41, 5.74) is 6.25. The number of ether oxygens (including phenoxy) is 1. The molecule has 15 heavy (non-hydrogen) atoms. The first kappa shape index (κ1) is 11.9. The van der Waals surface area contributed by atoms with Crippen molar-refractivity contribution < 1.29 is 9.53 Å². The maximum absolute atomic E-state index is 11.6. The van der Waals surface area contributed by atoms with Crippen LogP contribution in [0.2, 0.25) is 0 Å². The summed E-state index contributed by atoms with van der Waals surface area (Å²) in [6, 6.07) is 1.96. The van der Waals surface area contributed by atoms with Crippen LogP contribution in [-0.4, -0.2) is 18.8 Å². The van der Waals surface area contributed by atoms with E-state index in [0.29, 0.717) is 17.0 Å². The summed E-state index contributed by atoms with van der Waals surface area (Å²) in [7, 11) is 0. The predicted molar refractivity (Wildman–Crippen MR) is 61.2 cm³/mol. The van der Waals surface area contributed by atoms with E-state index < -0.39 is 5.97 Å². The van der Waals surface area contributed by atoms with Crippen LogP contribution >= 0.6 is 23.1 Å². The summed E-state index contributed by atoms with van der Waals surface area (Å²) < 4.78 is 5.60. The van der Waals surface area contributed by atoms with E-state index in [1.807, 2.05) is 12.3 Å². The molecule has 1 aromatic rings. The van der Waals surface area contributed by atoms with Crippen LogP contribution in [0.1, 0.15) is 22.2 Å². The Hall–Kier alpha value is -1.19. The molecule has 1 heterocycles. The number of hydrogen-bond donors (Lipinski definition) is 1. The zero-order valence-electron chi connectivity index (χ0n) is 8.36. The molecule has 1 rings (SSSR count). The minimum Gasteiger partial charge on any atom is -0.462 e. The third-order valence-corrected chi connectivity index (χ3v) is 3.91. The molecule has 0 saturated carbocycles. The van der Waals surface area contributed by atoms with Crippen LogP contribution in [-0.2, 0) is 4.74 Å². The smallest absolute Gasteiger partial charge is 0.342 e. The van der Waals surface area contributed by atoms with Gasteiger partial charge in [0.05, 0.1) is 16.5 Å². The molecule has 0 radical (unpaired) electrons. The monoisotopic (exact) mass is 242 g/mol. The van der Waals surface area contributed by atoms with Crippen LogP contribution in [0.4, 0.5) is 5.69 Å². The Morgan fingerprint density at radius 2 is 2.40 bits per heavy atom. The highest BCUT2D eigenvalue weighted by molar-refractivity contribution is 8.00. The molecule has 0 bridgehead atoms.